The number of aryl methyl sites for hydroxylation is 1. The van der Waals surface area contributed by atoms with Gasteiger partial charge in [-0.25, -0.2) is 4.98 Å². The summed E-state index contributed by atoms with van der Waals surface area (Å²) in [7, 11) is 2.11. The first kappa shape index (κ1) is 20.1. The Hall–Kier alpha value is -2.65. The van der Waals surface area contributed by atoms with E-state index in [4.69, 9.17) is 11.6 Å². The molecule has 0 aliphatic heterocycles. The predicted octanol–water partition coefficient (Wildman–Crippen LogP) is 6.06. The van der Waals surface area contributed by atoms with Gasteiger partial charge in [0.25, 0.3) is 0 Å². The van der Waals surface area contributed by atoms with Gasteiger partial charge < -0.3 is 4.90 Å². The minimum Gasteiger partial charge on any atom is -0.375 e. The fourth-order valence-electron chi connectivity index (χ4n) is 3.22. The van der Waals surface area contributed by atoms with Crippen molar-refractivity contribution in [2.24, 2.45) is 0 Å². The highest BCUT2D eigenvalue weighted by atomic mass is 35.5. The summed E-state index contributed by atoms with van der Waals surface area (Å²) < 4.78 is 0. The van der Waals surface area contributed by atoms with E-state index in [-0.39, 0.29) is 5.78 Å². The molecule has 0 spiro atoms. The van der Waals surface area contributed by atoms with E-state index < -0.39 is 0 Å². The summed E-state index contributed by atoms with van der Waals surface area (Å²) in [5.74, 6) is 0.114. The lowest BCUT2D eigenvalue weighted by molar-refractivity contribution is 0.0983. The first-order valence-electron chi connectivity index (χ1n) is 9.62. The zero-order chi connectivity index (χ0) is 19.9. The van der Waals surface area contributed by atoms with Gasteiger partial charge in [-0.2, -0.15) is 0 Å². The third-order valence-corrected chi connectivity index (χ3v) is 5.21. The van der Waals surface area contributed by atoms with Crippen molar-refractivity contribution in [2.45, 2.75) is 26.2 Å². The molecule has 1 aromatic heterocycles. The van der Waals surface area contributed by atoms with E-state index in [1.165, 1.54) is 5.69 Å². The van der Waals surface area contributed by atoms with E-state index in [1.54, 1.807) is 6.20 Å². The molecular formula is C24H25ClN2O. The Morgan fingerprint density at radius 1 is 1.00 bits per heavy atom. The van der Waals surface area contributed by atoms with Gasteiger partial charge in [-0.3, -0.25) is 4.79 Å². The molecule has 0 radical (unpaired) electrons. The molecule has 0 N–H and O–H groups in total. The van der Waals surface area contributed by atoms with Gasteiger partial charge in [-0.15, -0.1) is 0 Å². The van der Waals surface area contributed by atoms with Crippen LogP contribution >= 0.6 is 11.6 Å². The molecule has 0 aliphatic carbocycles. The van der Waals surface area contributed by atoms with E-state index in [2.05, 4.69) is 48.1 Å². The lowest BCUT2D eigenvalue weighted by Crippen LogP contribution is -2.17. The van der Waals surface area contributed by atoms with Crippen molar-refractivity contribution in [3.05, 3.63) is 83.1 Å². The summed E-state index contributed by atoms with van der Waals surface area (Å²) in [4.78, 5) is 18.8. The van der Waals surface area contributed by atoms with E-state index in [9.17, 15) is 4.79 Å². The number of hydrogen-bond acceptors (Lipinski definition) is 3. The summed E-state index contributed by atoms with van der Waals surface area (Å²) in [6, 6.07) is 20.1. The number of hydrogen-bond donors (Lipinski definition) is 0. The number of carbonyl (C=O) groups excluding carboxylic acids is 1. The topological polar surface area (TPSA) is 33.2 Å². The number of benzene rings is 2. The second-order valence-corrected chi connectivity index (χ2v) is 7.28. The Kier molecular flexibility index (Phi) is 6.83. The molecule has 0 amide bonds. The number of nitrogens with zero attached hydrogens (tertiary/aromatic N) is 2. The fraction of sp³-hybridized carbons (Fsp3) is 0.250. The molecule has 0 saturated heterocycles. The molecule has 0 saturated carbocycles. The maximum atomic E-state index is 12.5. The number of anilines is 1. The van der Waals surface area contributed by atoms with Crippen LogP contribution in [-0.2, 0) is 6.42 Å². The van der Waals surface area contributed by atoms with Gasteiger partial charge in [0.2, 0.25) is 0 Å². The van der Waals surface area contributed by atoms with Crippen LogP contribution < -0.4 is 4.90 Å². The second kappa shape index (κ2) is 9.52. The number of Topliss-reactive ketones (excluding diaryl/α,β-unsaturated/α-hetero) is 1. The fourth-order valence-corrected chi connectivity index (χ4v) is 3.43. The quantitative estimate of drug-likeness (QED) is 0.345. The SMILES string of the molecule is CCCN(C)c1ccc(-c2ccc(C(=O)CCc3cccnc3Cl)cc2)cc1. The van der Waals surface area contributed by atoms with Crippen LogP contribution in [0, 0.1) is 0 Å². The predicted molar refractivity (Wildman–Crippen MR) is 117 cm³/mol. The third kappa shape index (κ3) is 4.99. The molecule has 0 aliphatic rings. The average Bonchev–Trinajstić information content (AvgIpc) is 2.73. The van der Waals surface area contributed by atoms with Crippen molar-refractivity contribution >= 4 is 23.1 Å². The maximum absolute atomic E-state index is 12.5. The van der Waals surface area contributed by atoms with Gasteiger partial charge in [0.05, 0.1) is 0 Å². The van der Waals surface area contributed by atoms with Crippen molar-refractivity contribution < 1.29 is 4.79 Å². The van der Waals surface area contributed by atoms with Gasteiger partial charge in [0.1, 0.15) is 5.15 Å². The van der Waals surface area contributed by atoms with Crippen molar-refractivity contribution in [3.63, 3.8) is 0 Å². The Morgan fingerprint density at radius 3 is 2.25 bits per heavy atom. The molecule has 4 heteroatoms. The van der Waals surface area contributed by atoms with Crippen LogP contribution in [0.25, 0.3) is 11.1 Å². The molecule has 3 nitrogen and oxygen atoms in total. The summed E-state index contributed by atoms with van der Waals surface area (Å²) in [6.07, 6.45) is 3.80. The highest BCUT2D eigenvalue weighted by Crippen LogP contribution is 2.24. The summed E-state index contributed by atoms with van der Waals surface area (Å²) in [5.41, 5.74) is 5.10. The zero-order valence-corrected chi connectivity index (χ0v) is 17.1. The number of pyridine rings is 1. The number of aromatic nitrogens is 1. The minimum atomic E-state index is 0.114. The van der Waals surface area contributed by atoms with Crippen LogP contribution in [0.1, 0.15) is 35.7 Å². The number of halogens is 1. The normalized spacial score (nSPS) is 10.7. The summed E-state index contributed by atoms with van der Waals surface area (Å²) in [6.45, 7) is 3.22. The highest BCUT2D eigenvalue weighted by molar-refractivity contribution is 6.30. The van der Waals surface area contributed by atoms with E-state index in [0.717, 1.165) is 35.2 Å². The van der Waals surface area contributed by atoms with Crippen molar-refractivity contribution in [2.75, 3.05) is 18.5 Å². The molecule has 3 rings (SSSR count). The van der Waals surface area contributed by atoms with E-state index in [0.29, 0.717) is 18.0 Å². The number of ketones is 1. The standard InChI is InChI=1S/C24H25ClN2O/c1-3-17-27(2)22-13-10-19(11-14-22)18-6-8-20(9-7-18)23(28)15-12-21-5-4-16-26-24(21)25/h4-11,13-14,16H,3,12,15,17H2,1-2H3. The lowest BCUT2D eigenvalue weighted by Gasteiger charge is -2.18. The minimum absolute atomic E-state index is 0.114. The van der Waals surface area contributed by atoms with Crippen LogP contribution in [0.3, 0.4) is 0 Å². The van der Waals surface area contributed by atoms with Crippen LogP contribution in [0.2, 0.25) is 5.15 Å². The molecule has 1 heterocycles. The highest BCUT2D eigenvalue weighted by Gasteiger charge is 2.09. The molecule has 144 valence electrons. The van der Waals surface area contributed by atoms with E-state index >= 15 is 0 Å². The van der Waals surface area contributed by atoms with Crippen molar-refractivity contribution in [1.82, 2.24) is 4.98 Å². The van der Waals surface area contributed by atoms with Crippen LogP contribution in [0.4, 0.5) is 5.69 Å². The van der Waals surface area contributed by atoms with Crippen molar-refractivity contribution in [3.8, 4) is 11.1 Å². The average molecular weight is 393 g/mol. The Balaban J connectivity index is 1.64. The van der Waals surface area contributed by atoms with Gasteiger partial charge in [0.15, 0.2) is 5.78 Å². The molecule has 0 fully saturated rings. The van der Waals surface area contributed by atoms with Crippen LogP contribution in [0.5, 0.6) is 0 Å². The molecular weight excluding hydrogens is 368 g/mol. The molecule has 3 aromatic rings. The second-order valence-electron chi connectivity index (χ2n) is 6.92. The lowest BCUT2D eigenvalue weighted by atomic mass is 9.99. The monoisotopic (exact) mass is 392 g/mol. The van der Waals surface area contributed by atoms with Gasteiger partial charge in [0, 0.05) is 37.5 Å². The number of rotatable bonds is 8. The molecule has 0 atom stereocenters. The first-order chi connectivity index (χ1) is 13.6. The Bertz CT molecular complexity index is 920. The Morgan fingerprint density at radius 2 is 1.64 bits per heavy atom. The Labute approximate surface area is 172 Å². The molecule has 0 unspecified atom stereocenters. The van der Waals surface area contributed by atoms with Gasteiger partial charge in [-0.1, -0.05) is 61.0 Å². The molecule has 0 bridgehead atoms. The van der Waals surface area contributed by atoms with Crippen molar-refractivity contribution in [1.29, 1.82) is 0 Å². The molecule has 28 heavy (non-hydrogen) atoms. The first-order valence-corrected chi connectivity index (χ1v) is 10.0. The maximum Gasteiger partial charge on any atom is 0.163 e. The van der Waals surface area contributed by atoms with Gasteiger partial charge >= 0.3 is 0 Å². The molecule has 2 aromatic carbocycles. The summed E-state index contributed by atoms with van der Waals surface area (Å²) in [5, 5.41) is 0.471. The number of carbonyl (C=O) groups is 1. The van der Waals surface area contributed by atoms with Gasteiger partial charge in [-0.05, 0) is 47.7 Å². The van der Waals surface area contributed by atoms with Crippen LogP contribution in [-0.4, -0.2) is 24.4 Å². The third-order valence-electron chi connectivity index (χ3n) is 4.87. The summed E-state index contributed by atoms with van der Waals surface area (Å²) >= 11 is 6.06. The van der Waals surface area contributed by atoms with E-state index in [1.807, 2.05) is 36.4 Å². The largest absolute Gasteiger partial charge is 0.375 e. The zero-order valence-electron chi connectivity index (χ0n) is 16.4. The smallest absolute Gasteiger partial charge is 0.163 e. The van der Waals surface area contributed by atoms with Crippen LogP contribution in [0.15, 0.2) is 66.9 Å².